The Morgan fingerprint density at radius 1 is 0.338 bits per heavy atom. The van der Waals surface area contributed by atoms with Crippen molar-refractivity contribution >= 4 is 41.8 Å². The van der Waals surface area contributed by atoms with Crippen molar-refractivity contribution in [2.24, 2.45) is 0 Å². The van der Waals surface area contributed by atoms with E-state index in [0.29, 0.717) is 24.0 Å². The SMILES string of the molecule is CCCCCCCCCc1cc2cccc(CCCCCCCCC)c2cc1S(=O)(=O)[O-].CCCCCCCCCc1cc2cccc(CCCCCCCCC)c2cc1S(=O)(=O)[O-].[Zn+2]. The average molecular weight is 985 g/mol. The second-order valence-corrected chi connectivity index (χ2v) is 21.3. The van der Waals surface area contributed by atoms with Crippen molar-refractivity contribution < 1.29 is 45.4 Å². The summed E-state index contributed by atoms with van der Waals surface area (Å²) in [6.07, 6.45) is 37.1. The van der Waals surface area contributed by atoms with Crippen LogP contribution in [0, 0.1) is 0 Å². The number of aryl methyl sites for hydroxylation is 4. The maximum atomic E-state index is 12.0. The van der Waals surface area contributed by atoms with Crippen LogP contribution < -0.4 is 0 Å². The number of rotatable bonds is 34. The molecule has 0 amide bonds. The second kappa shape index (κ2) is 34.2. The molecule has 4 aromatic carbocycles. The third-order valence-corrected chi connectivity index (χ3v) is 14.9. The van der Waals surface area contributed by atoms with Gasteiger partial charge in [-0.25, -0.2) is 16.8 Å². The molecule has 0 saturated carbocycles. The van der Waals surface area contributed by atoms with E-state index < -0.39 is 20.2 Å². The van der Waals surface area contributed by atoms with Crippen LogP contribution in [-0.2, 0) is 65.4 Å². The van der Waals surface area contributed by atoms with Crippen molar-refractivity contribution in [3.63, 3.8) is 0 Å². The number of benzene rings is 4. The smallest absolute Gasteiger partial charge is 0.744 e. The number of unbranched alkanes of at least 4 members (excludes halogenated alkanes) is 24. The van der Waals surface area contributed by atoms with E-state index in [9.17, 15) is 25.9 Å². The predicted octanol–water partition coefficient (Wildman–Crippen LogP) is 16.7. The molecule has 360 valence electrons. The van der Waals surface area contributed by atoms with Gasteiger partial charge < -0.3 is 9.11 Å². The molecule has 0 aliphatic heterocycles. The van der Waals surface area contributed by atoms with Crippen molar-refractivity contribution in [3.05, 3.63) is 82.9 Å². The van der Waals surface area contributed by atoms with Crippen LogP contribution in [0.2, 0.25) is 0 Å². The molecular formula is C56H86O6S2Zn. The Bertz CT molecular complexity index is 1960. The molecule has 0 N–H and O–H groups in total. The van der Waals surface area contributed by atoms with Crippen LogP contribution in [0.5, 0.6) is 0 Å². The van der Waals surface area contributed by atoms with Gasteiger partial charge in [-0.1, -0.05) is 218 Å². The molecular weight excluding hydrogens is 898 g/mol. The molecule has 0 fully saturated rings. The molecule has 0 unspecified atom stereocenters. The summed E-state index contributed by atoms with van der Waals surface area (Å²) in [7, 11) is -8.97. The standard InChI is InChI=1S/2C28H44O3S.Zn/c2*1-3-5-7-9-11-13-15-18-24-20-17-21-25-22-26(19-16-14-12-10-8-6-4-2)28(23-27(24)25)32(29,30)31;/h2*17,20-23H,3-16,18-19H2,1-2H3,(H,29,30,31);/q;;+2/p-2. The van der Waals surface area contributed by atoms with E-state index in [4.69, 9.17) is 0 Å². The maximum Gasteiger partial charge on any atom is 2.00 e. The summed E-state index contributed by atoms with van der Waals surface area (Å²) in [5, 5.41) is 3.96. The second-order valence-electron chi connectivity index (χ2n) is 18.6. The summed E-state index contributed by atoms with van der Waals surface area (Å²) in [4.78, 5) is -0.0222. The van der Waals surface area contributed by atoms with E-state index in [0.717, 1.165) is 84.0 Å². The fourth-order valence-corrected chi connectivity index (χ4v) is 10.7. The first-order valence-corrected chi connectivity index (χ1v) is 28.8. The molecule has 9 heteroatoms. The van der Waals surface area contributed by atoms with Gasteiger partial charge in [0, 0.05) is 0 Å². The molecule has 0 atom stereocenters. The summed E-state index contributed by atoms with van der Waals surface area (Å²) < 4.78 is 72.3. The zero-order valence-corrected chi connectivity index (χ0v) is 46.0. The van der Waals surface area contributed by atoms with Crippen LogP contribution in [0.15, 0.2) is 70.5 Å². The third-order valence-electron chi connectivity index (χ3n) is 13.0. The van der Waals surface area contributed by atoms with E-state index in [1.165, 1.54) is 141 Å². The normalized spacial score (nSPS) is 11.8. The summed E-state index contributed by atoms with van der Waals surface area (Å²) >= 11 is 0. The number of hydrogen-bond acceptors (Lipinski definition) is 6. The molecule has 0 heterocycles. The van der Waals surface area contributed by atoms with Crippen LogP contribution in [0.1, 0.15) is 230 Å². The van der Waals surface area contributed by atoms with Gasteiger partial charge in [0.05, 0.1) is 9.79 Å². The fourth-order valence-electron chi connectivity index (χ4n) is 9.22. The zero-order valence-electron chi connectivity index (χ0n) is 41.4. The summed E-state index contributed by atoms with van der Waals surface area (Å²) in [6.45, 7) is 8.89. The Labute approximate surface area is 410 Å². The molecule has 0 bridgehead atoms. The molecule has 0 aliphatic rings. The third kappa shape index (κ3) is 23.1. The van der Waals surface area contributed by atoms with Crippen LogP contribution in [-0.4, -0.2) is 25.9 Å². The average Bonchev–Trinajstić information content (AvgIpc) is 3.27. The van der Waals surface area contributed by atoms with Gasteiger partial charge in [0.15, 0.2) is 0 Å². The minimum absolute atomic E-state index is 0. The zero-order chi connectivity index (χ0) is 46.5. The fraction of sp³-hybridized carbons (Fsp3) is 0.643. The summed E-state index contributed by atoms with van der Waals surface area (Å²) in [6, 6.07) is 19.6. The van der Waals surface area contributed by atoms with Crippen LogP contribution in [0.3, 0.4) is 0 Å². The van der Waals surface area contributed by atoms with Crippen LogP contribution in [0.25, 0.3) is 21.5 Å². The molecule has 0 saturated heterocycles. The van der Waals surface area contributed by atoms with Crippen molar-refractivity contribution in [3.8, 4) is 0 Å². The molecule has 65 heavy (non-hydrogen) atoms. The first-order valence-electron chi connectivity index (χ1n) is 25.9. The molecule has 0 aliphatic carbocycles. The Morgan fingerprint density at radius 2 is 0.585 bits per heavy atom. The Kier molecular flexibility index (Phi) is 31.0. The van der Waals surface area contributed by atoms with E-state index in [1.54, 1.807) is 12.1 Å². The van der Waals surface area contributed by atoms with E-state index in [2.05, 4.69) is 52.0 Å². The molecule has 0 spiro atoms. The maximum absolute atomic E-state index is 12.0. The van der Waals surface area contributed by atoms with Gasteiger partial charge in [0.2, 0.25) is 0 Å². The van der Waals surface area contributed by atoms with Gasteiger partial charge in [-0.15, -0.1) is 0 Å². The van der Waals surface area contributed by atoms with Gasteiger partial charge in [0.25, 0.3) is 0 Å². The Morgan fingerprint density at radius 3 is 0.846 bits per heavy atom. The Balaban J connectivity index is 0.000000440. The summed E-state index contributed by atoms with van der Waals surface area (Å²) in [5.74, 6) is 0. The van der Waals surface area contributed by atoms with Gasteiger partial charge in [-0.2, -0.15) is 0 Å². The first-order chi connectivity index (χ1) is 30.9. The van der Waals surface area contributed by atoms with Crippen molar-refractivity contribution in [1.29, 1.82) is 0 Å². The topological polar surface area (TPSA) is 114 Å². The van der Waals surface area contributed by atoms with Gasteiger partial charge in [-0.3, -0.25) is 0 Å². The molecule has 4 aromatic rings. The molecule has 4 rings (SSSR count). The largest absolute Gasteiger partial charge is 2.00 e. The van der Waals surface area contributed by atoms with E-state index in [-0.39, 0.29) is 29.3 Å². The van der Waals surface area contributed by atoms with Gasteiger partial charge in [0.1, 0.15) is 20.2 Å². The van der Waals surface area contributed by atoms with Crippen LogP contribution in [0.4, 0.5) is 0 Å². The molecule has 0 radical (unpaired) electrons. The number of hydrogen-bond donors (Lipinski definition) is 0. The van der Waals surface area contributed by atoms with Gasteiger partial charge >= 0.3 is 19.5 Å². The van der Waals surface area contributed by atoms with Crippen molar-refractivity contribution in [2.75, 3.05) is 0 Å². The van der Waals surface area contributed by atoms with Gasteiger partial charge in [-0.05, 0) is 119 Å². The minimum Gasteiger partial charge on any atom is -0.744 e. The minimum atomic E-state index is -4.48. The molecule has 0 aromatic heterocycles. The predicted molar refractivity (Wildman–Crippen MR) is 271 cm³/mol. The number of fused-ring (bicyclic) bond motifs is 2. The summed E-state index contributed by atoms with van der Waals surface area (Å²) in [5.41, 5.74) is 3.69. The Hall–Kier alpha value is -2.16. The van der Waals surface area contributed by atoms with Crippen molar-refractivity contribution in [2.45, 2.75) is 243 Å². The molecule has 6 nitrogen and oxygen atoms in total. The van der Waals surface area contributed by atoms with E-state index in [1.807, 2.05) is 24.3 Å². The van der Waals surface area contributed by atoms with Crippen molar-refractivity contribution in [1.82, 2.24) is 0 Å². The first kappa shape index (κ1) is 59.0. The van der Waals surface area contributed by atoms with Crippen LogP contribution >= 0.6 is 0 Å². The monoisotopic (exact) mass is 983 g/mol. The van der Waals surface area contributed by atoms with E-state index >= 15 is 0 Å². The quantitative estimate of drug-likeness (QED) is 0.0262.